The Morgan fingerprint density at radius 3 is 2.65 bits per heavy atom. The molecular formula is C14H18FNO. The van der Waals surface area contributed by atoms with Gasteiger partial charge in [0.2, 0.25) is 0 Å². The van der Waals surface area contributed by atoms with Gasteiger partial charge in [0.15, 0.2) is 0 Å². The molecule has 3 heteroatoms. The maximum atomic E-state index is 13.7. The topological polar surface area (TPSA) is 25.2 Å². The minimum atomic E-state index is -0.780. The zero-order chi connectivity index (χ0) is 12.6. The highest BCUT2D eigenvalue weighted by atomic mass is 19.1. The summed E-state index contributed by atoms with van der Waals surface area (Å²) in [6, 6.07) is 6.94. The number of aromatic nitrogens is 1. The molecule has 0 saturated heterocycles. The van der Waals surface area contributed by atoms with Crippen LogP contribution < -0.4 is 0 Å². The van der Waals surface area contributed by atoms with Gasteiger partial charge in [-0.15, -0.1) is 0 Å². The molecule has 0 aliphatic carbocycles. The Bertz CT molecular complexity index is 537. The maximum absolute atomic E-state index is 13.7. The standard InChI is InChI=1S/C14H18FNO/c1-4-16-10(9-14(2,3)17)8-11-12(15)6-5-7-13(11)16/h5-8,17H,4,9H2,1-3H3. The van der Waals surface area contributed by atoms with Gasteiger partial charge in [0.05, 0.1) is 11.1 Å². The maximum Gasteiger partial charge on any atom is 0.132 e. The molecule has 1 heterocycles. The van der Waals surface area contributed by atoms with Gasteiger partial charge in [-0.05, 0) is 39.0 Å². The second-order valence-electron chi connectivity index (χ2n) is 5.04. The molecule has 0 fully saturated rings. The van der Waals surface area contributed by atoms with Crippen LogP contribution in [-0.4, -0.2) is 15.3 Å². The van der Waals surface area contributed by atoms with E-state index in [1.165, 1.54) is 6.07 Å². The molecule has 2 aromatic rings. The summed E-state index contributed by atoms with van der Waals surface area (Å²) in [7, 11) is 0. The van der Waals surface area contributed by atoms with Crippen molar-refractivity contribution in [3.8, 4) is 0 Å². The molecule has 0 amide bonds. The highest BCUT2D eigenvalue weighted by molar-refractivity contribution is 5.82. The summed E-state index contributed by atoms with van der Waals surface area (Å²) < 4.78 is 15.7. The molecule has 0 saturated carbocycles. The predicted molar refractivity (Wildman–Crippen MR) is 67.6 cm³/mol. The fourth-order valence-electron chi connectivity index (χ4n) is 2.27. The molecular weight excluding hydrogens is 217 g/mol. The van der Waals surface area contributed by atoms with Gasteiger partial charge < -0.3 is 9.67 Å². The van der Waals surface area contributed by atoms with Crippen LogP contribution in [0.5, 0.6) is 0 Å². The number of benzene rings is 1. The minimum Gasteiger partial charge on any atom is -0.390 e. The van der Waals surface area contributed by atoms with Crippen molar-refractivity contribution in [1.29, 1.82) is 0 Å². The van der Waals surface area contributed by atoms with Crippen molar-refractivity contribution in [3.05, 3.63) is 35.8 Å². The number of aliphatic hydroxyl groups is 1. The average molecular weight is 235 g/mol. The zero-order valence-corrected chi connectivity index (χ0v) is 10.5. The lowest BCUT2D eigenvalue weighted by atomic mass is 10.0. The number of rotatable bonds is 3. The lowest BCUT2D eigenvalue weighted by Gasteiger charge is -2.18. The van der Waals surface area contributed by atoms with Gasteiger partial charge in [0, 0.05) is 24.0 Å². The third-order valence-electron chi connectivity index (χ3n) is 2.91. The van der Waals surface area contributed by atoms with Gasteiger partial charge in [-0.2, -0.15) is 0 Å². The molecule has 0 aliphatic heterocycles. The molecule has 0 spiro atoms. The van der Waals surface area contributed by atoms with E-state index in [0.29, 0.717) is 11.8 Å². The Hall–Kier alpha value is -1.35. The monoisotopic (exact) mass is 235 g/mol. The molecule has 17 heavy (non-hydrogen) atoms. The predicted octanol–water partition coefficient (Wildman–Crippen LogP) is 3.11. The third kappa shape index (κ3) is 2.34. The van der Waals surface area contributed by atoms with E-state index < -0.39 is 5.60 Å². The first-order chi connectivity index (χ1) is 7.92. The number of fused-ring (bicyclic) bond motifs is 1. The lowest BCUT2D eigenvalue weighted by molar-refractivity contribution is 0.0791. The second-order valence-corrected chi connectivity index (χ2v) is 5.04. The molecule has 1 aromatic heterocycles. The first-order valence-electron chi connectivity index (χ1n) is 5.91. The van der Waals surface area contributed by atoms with Gasteiger partial charge in [-0.3, -0.25) is 0 Å². The summed E-state index contributed by atoms with van der Waals surface area (Å²) in [6.45, 7) is 6.33. The van der Waals surface area contributed by atoms with Crippen LogP contribution in [0.4, 0.5) is 4.39 Å². The molecule has 2 rings (SSSR count). The number of hydrogen-bond donors (Lipinski definition) is 1. The number of hydrogen-bond acceptors (Lipinski definition) is 1. The van der Waals surface area contributed by atoms with Gasteiger partial charge in [0.25, 0.3) is 0 Å². The van der Waals surface area contributed by atoms with E-state index in [0.717, 1.165) is 17.8 Å². The quantitative estimate of drug-likeness (QED) is 0.868. The smallest absolute Gasteiger partial charge is 0.132 e. The molecule has 0 aliphatic rings. The van der Waals surface area contributed by atoms with Gasteiger partial charge >= 0.3 is 0 Å². The fraction of sp³-hybridized carbons (Fsp3) is 0.429. The largest absolute Gasteiger partial charge is 0.390 e. The molecule has 1 aromatic carbocycles. The highest BCUT2D eigenvalue weighted by Crippen LogP contribution is 2.25. The Morgan fingerprint density at radius 1 is 1.35 bits per heavy atom. The number of halogens is 1. The Morgan fingerprint density at radius 2 is 2.06 bits per heavy atom. The van der Waals surface area contributed by atoms with E-state index in [2.05, 4.69) is 4.57 Å². The minimum absolute atomic E-state index is 0.202. The molecule has 92 valence electrons. The van der Waals surface area contributed by atoms with Gasteiger partial charge in [-0.25, -0.2) is 4.39 Å². The van der Waals surface area contributed by atoms with E-state index in [9.17, 15) is 9.50 Å². The fourth-order valence-corrected chi connectivity index (χ4v) is 2.27. The number of nitrogens with zero attached hydrogens (tertiary/aromatic N) is 1. The zero-order valence-electron chi connectivity index (χ0n) is 10.5. The van der Waals surface area contributed by atoms with Crippen molar-refractivity contribution in [2.45, 2.75) is 39.3 Å². The molecule has 2 nitrogen and oxygen atoms in total. The van der Waals surface area contributed by atoms with Gasteiger partial charge in [0.1, 0.15) is 5.82 Å². The molecule has 0 unspecified atom stereocenters. The second kappa shape index (κ2) is 4.15. The van der Waals surface area contributed by atoms with Crippen molar-refractivity contribution in [1.82, 2.24) is 4.57 Å². The summed E-state index contributed by atoms with van der Waals surface area (Å²) in [5.41, 5.74) is 1.09. The molecule has 0 radical (unpaired) electrons. The van der Waals surface area contributed by atoms with E-state index >= 15 is 0 Å². The van der Waals surface area contributed by atoms with E-state index in [1.54, 1.807) is 19.9 Å². The van der Waals surface area contributed by atoms with Crippen LogP contribution in [0.3, 0.4) is 0 Å². The number of aryl methyl sites for hydroxylation is 1. The summed E-state index contributed by atoms with van der Waals surface area (Å²) in [6.07, 6.45) is 0.523. The Balaban J connectivity index is 2.60. The van der Waals surface area contributed by atoms with Crippen molar-refractivity contribution >= 4 is 10.9 Å². The summed E-state index contributed by atoms with van der Waals surface area (Å²) in [4.78, 5) is 0. The van der Waals surface area contributed by atoms with Gasteiger partial charge in [-0.1, -0.05) is 6.07 Å². The summed E-state index contributed by atoms with van der Waals surface area (Å²) in [5, 5.41) is 10.5. The van der Waals surface area contributed by atoms with E-state index in [1.807, 2.05) is 19.1 Å². The Kier molecular flexibility index (Phi) is 2.96. The average Bonchev–Trinajstić information content (AvgIpc) is 2.54. The van der Waals surface area contributed by atoms with Crippen LogP contribution in [0.1, 0.15) is 26.5 Å². The Labute approximate surface area is 101 Å². The third-order valence-corrected chi connectivity index (χ3v) is 2.91. The molecule has 0 bridgehead atoms. The van der Waals surface area contributed by atoms with Crippen LogP contribution in [0.2, 0.25) is 0 Å². The van der Waals surface area contributed by atoms with Crippen LogP contribution in [0.25, 0.3) is 10.9 Å². The van der Waals surface area contributed by atoms with Crippen LogP contribution in [-0.2, 0) is 13.0 Å². The normalized spacial score (nSPS) is 12.3. The van der Waals surface area contributed by atoms with Crippen molar-refractivity contribution in [2.75, 3.05) is 0 Å². The van der Waals surface area contributed by atoms with Crippen molar-refractivity contribution < 1.29 is 9.50 Å². The van der Waals surface area contributed by atoms with Crippen LogP contribution in [0.15, 0.2) is 24.3 Å². The lowest BCUT2D eigenvalue weighted by Crippen LogP contribution is -2.23. The van der Waals surface area contributed by atoms with Crippen LogP contribution in [0, 0.1) is 5.82 Å². The van der Waals surface area contributed by atoms with E-state index in [-0.39, 0.29) is 5.82 Å². The van der Waals surface area contributed by atoms with Crippen LogP contribution >= 0.6 is 0 Å². The SMILES string of the molecule is CCn1c(CC(C)(C)O)cc2c(F)cccc21. The first kappa shape index (κ1) is 12.1. The summed E-state index contributed by atoms with van der Waals surface area (Å²) in [5.74, 6) is -0.202. The molecule has 1 N–H and O–H groups in total. The first-order valence-corrected chi connectivity index (χ1v) is 5.91. The van der Waals surface area contributed by atoms with Crippen molar-refractivity contribution in [2.24, 2.45) is 0 Å². The van der Waals surface area contributed by atoms with Crippen molar-refractivity contribution in [3.63, 3.8) is 0 Å². The summed E-state index contributed by atoms with van der Waals surface area (Å²) >= 11 is 0. The highest BCUT2D eigenvalue weighted by Gasteiger charge is 2.18. The van der Waals surface area contributed by atoms with E-state index in [4.69, 9.17) is 0 Å². The molecule has 0 atom stereocenters.